The van der Waals surface area contributed by atoms with Crippen molar-refractivity contribution < 1.29 is 4.74 Å². The normalized spacial score (nSPS) is 10.3. The molecule has 3 aromatic rings. The maximum Gasteiger partial charge on any atom is 0.192 e. The quantitative estimate of drug-likeness (QED) is 0.463. The third kappa shape index (κ3) is 3.79. The summed E-state index contributed by atoms with van der Waals surface area (Å²) < 4.78 is 7.47. The van der Waals surface area contributed by atoms with Gasteiger partial charge >= 0.3 is 0 Å². The summed E-state index contributed by atoms with van der Waals surface area (Å²) >= 11 is 1.58. The van der Waals surface area contributed by atoms with E-state index in [0.717, 1.165) is 27.9 Å². The predicted molar refractivity (Wildman–Crippen MR) is 103 cm³/mol. The molecule has 0 aliphatic heterocycles. The number of ether oxygens (including phenoxy) is 1. The molecule has 6 heteroatoms. The van der Waals surface area contributed by atoms with Crippen molar-refractivity contribution in [3.05, 3.63) is 72.3 Å². The maximum atomic E-state index is 9.03. The highest BCUT2D eigenvalue weighted by Crippen LogP contribution is 2.31. The second kappa shape index (κ2) is 8.37. The number of methoxy groups -OCH3 is 1. The minimum atomic E-state index is 0.598. The molecule has 0 spiro atoms. The molecular formula is C20H18N4OS. The highest BCUT2D eigenvalue weighted by atomic mass is 32.2. The highest BCUT2D eigenvalue weighted by molar-refractivity contribution is 7.98. The molecule has 2 aromatic carbocycles. The van der Waals surface area contributed by atoms with Crippen LogP contribution >= 0.6 is 11.8 Å². The molecular weight excluding hydrogens is 344 g/mol. The molecule has 1 heterocycles. The van der Waals surface area contributed by atoms with E-state index in [4.69, 9.17) is 10.00 Å². The van der Waals surface area contributed by atoms with Gasteiger partial charge in [-0.3, -0.25) is 4.57 Å². The molecule has 1 aromatic heterocycles. The molecule has 0 N–H and O–H groups in total. The fraction of sp³-hybridized carbons (Fsp3) is 0.150. The number of nitrogens with zero attached hydrogens (tertiary/aromatic N) is 4. The minimum Gasteiger partial charge on any atom is -0.496 e. The van der Waals surface area contributed by atoms with Crippen LogP contribution < -0.4 is 4.74 Å². The summed E-state index contributed by atoms with van der Waals surface area (Å²) in [5.74, 6) is 2.20. The van der Waals surface area contributed by atoms with Crippen LogP contribution in [0.15, 0.2) is 66.3 Å². The molecule has 0 saturated heterocycles. The highest BCUT2D eigenvalue weighted by Gasteiger charge is 2.16. The number of nitriles is 1. The van der Waals surface area contributed by atoms with Gasteiger partial charge in [0.25, 0.3) is 0 Å². The number of benzene rings is 2. The van der Waals surface area contributed by atoms with E-state index < -0.39 is 0 Å². The molecule has 0 bridgehead atoms. The van der Waals surface area contributed by atoms with Crippen LogP contribution in [-0.2, 0) is 12.3 Å². The van der Waals surface area contributed by atoms with Crippen molar-refractivity contribution in [3.63, 3.8) is 0 Å². The van der Waals surface area contributed by atoms with Crippen LogP contribution in [0, 0.1) is 11.3 Å². The Kier molecular flexibility index (Phi) is 5.72. The third-order valence-corrected chi connectivity index (χ3v) is 4.84. The standard InChI is InChI=1S/C20H18N4OS/c1-3-11-24-19(17-9-4-5-10-18(17)25-2)22-23-20(24)26-14-16-8-6-7-15(12-16)13-21/h3-10,12H,1,11,14H2,2H3. The minimum absolute atomic E-state index is 0.598. The number of rotatable bonds is 7. The first-order valence-electron chi connectivity index (χ1n) is 8.06. The summed E-state index contributed by atoms with van der Waals surface area (Å²) in [7, 11) is 1.64. The van der Waals surface area contributed by atoms with Crippen molar-refractivity contribution in [2.24, 2.45) is 0 Å². The van der Waals surface area contributed by atoms with E-state index in [9.17, 15) is 0 Å². The Labute approximate surface area is 157 Å². The van der Waals surface area contributed by atoms with Crippen molar-refractivity contribution in [2.75, 3.05) is 7.11 Å². The largest absolute Gasteiger partial charge is 0.496 e. The number of thioether (sulfide) groups is 1. The smallest absolute Gasteiger partial charge is 0.192 e. The molecule has 0 fully saturated rings. The van der Waals surface area contributed by atoms with E-state index in [-0.39, 0.29) is 0 Å². The Morgan fingerprint density at radius 2 is 2.08 bits per heavy atom. The summed E-state index contributed by atoms with van der Waals surface area (Å²) in [6.07, 6.45) is 1.82. The van der Waals surface area contributed by atoms with Crippen molar-refractivity contribution in [1.82, 2.24) is 14.8 Å². The van der Waals surface area contributed by atoms with Gasteiger partial charge < -0.3 is 4.74 Å². The molecule has 130 valence electrons. The van der Waals surface area contributed by atoms with Gasteiger partial charge in [0.2, 0.25) is 0 Å². The van der Waals surface area contributed by atoms with E-state index in [1.165, 1.54) is 0 Å². The Balaban J connectivity index is 1.90. The number of hydrogen-bond acceptors (Lipinski definition) is 5. The summed E-state index contributed by atoms with van der Waals surface area (Å²) in [4.78, 5) is 0. The second-order valence-corrected chi connectivity index (χ2v) is 6.45. The van der Waals surface area contributed by atoms with E-state index in [0.29, 0.717) is 17.9 Å². The first kappa shape index (κ1) is 17.8. The average Bonchev–Trinajstić information content (AvgIpc) is 3.09. The van der Waals surface area contributed by atoms with Gasteiger partial charge in [-0.05, 0) is 29.8 Å². The van der Waals surface area contributed by atoms with Crippen LogP contribution in [-0.4, -0.2) is 21.9 Å². The first-order valence-corrected chi connectivity index (χ1v) is 9.04. The van der Waals surface area contributed by atoms with Gasteiger partial charge in [-0.2, -0.15) is 5.26 Å². The molecule has 5 nitrogen and oxygen atoms in total. The monoisotopic (exact) mass is 362 g/mol. The molecule has 26 heavy (non-hydrogen) atoms. The predicted octanol–water partition coefficient (Wildman–Crippen LogP) is 4.30. The Morgan fingerprint density at radius 1 is 1.23 bits per heavy atom. The van der Waals surface area contributed by atoms with Gasteiger partial charge in [-0.15, -0.1) is 16.8 Å². The zero-order valence-electron chi connectivity index (χ0n) is 14.4. The van der Waals surface area contributed by atoms with Crippen LogP contribution in [0.25, 0.3) is 11.4 Å². The Morgan fingerprint density at radius 3 is 2.85 bits per heavy atom. The van der Waals surface area contributed by atoms with E-state index in [1.807, 2.05) is 53.1 Å². The molecule has 0 radical (unpaired) electrons. The van der Waals surface area contributed by atoms with Crippen LogP contribution in [0.1, 0.15) is 11.1 Å². The van der Waals surface area contributed by atoms with Gasteiger partial charge in [0.1, 0.15) is 5.75 Å². The van der Waals surface area contributed by atoms with Crippen molar-refractivity contribution in [3.8, 4) is 23.2 Å². The van der Waals surface area contributed by atoms with Crippen LogP contribution in [0.5, 0.6) is 5.75 Å². The van der Waals surface area contributed by atoms with Gasteiger partial charge in [0.05, 0.1) is 24.3 Å². The maximum absolute atomic E-state index is 9.03. The van der Waals surface area contributed by atoms with Crippen molar-refractivity contribution in [1.29, 1.82) is 5.26 Å². The number of allylic oxidation sites excluding steroid dienone is 1. The fourth-order valence-corrected chi connectivity index (χ4v) is 3.49. The zero-order chi connectivity index (χ0) is 18.4. The van der Waals surface area contributed by atoms with Gasteiger partial charge in [0.15, 0.2) is 11.0 Å². The molecule has 0 aliphatic rings. The molecule has 0 amide bonds. The second-order valence-electron chi connectivity index (χ2n) is 5.51. The number of hydrogen-bond donors (Lipinski definition) is 0. The summed E-state index contributed by atoms with van der Waals surface area (Å²) in [5.41, 5.74) is 2.62. The van der Waals surface area contributed by atoms with Crippen LogP contribution in [0.3, 0.4) is 0 Å². The number of aromatic nitrogens is 3. The lowest BCUT2D eigenvalue weighted by Gasteiger charge is -2.10. The van der Waals surface area contributed by atoms with E-state index in [1.54, 1.807) is 24.9 Å². The molecule has 0 unspecified atom stereocenters. The summed E-state index contributed by atoms with van der Waals surface area (Å²) in [6, 6.07) is 17.5. The first-order chi connectivity index (χ1) is 12.8. The van der Waals surface area contributed by atoms with Gasteiger partial charge in [0, 0.05) is 12.3 Å². The van der Waals surface area contributed by atoms with Crippen molar-refractivity contribution >= 4 is 11.8 Å². The Bertz CT molecular complexity index is 958. The fourth-order valence-electron chi connectivity index (χ4n) is 2.60. The third-order valence-electron chi connectivity index (χ3n) is 3.80. The van der Waals surface area contributed by atoms with Gasteiger partial charge in [-0.25, -0.2) is 0 Å². The Hall–Kier alpha value is -3.04. The summed E-state index contributed by atoms with van der Waals surface area (Å²) in [6.45, 7) is 4.44. The zero-order valence-corrected chi connectivity index (χ0v) is 15.2. The number of para-hydroxylation sites is 1. The molecule has 0 aliphatic carbocycles. The molecule has 0 saturated carbocycles. The van der Waals surface area contributed by atoms with Crippen LogP contribution in [0.4, 0.5) is 0 Å². The lowest BCUT2D eigenvalue weighted by molar-refractivity contribution is 0.416. The lowest BCUT2D eigenvalue weighted by atomic mass is 10.2. The SMILES string of the molecule is C=CCn1c(SCc2cccc(C#N)c2)nnc1-c1ccccc1OC. The van der Waals surface area contributed by atoms with Crippen LogP contribution in [0.2, 0.25) is 0 Å². The lowest BCUT2D eigenvalue weighted by Crippen LogP contribution is -2.01. The molecule has 0 atom stereocenters. The van der Waals surface area contributed by atoms with E-state index >= 15 is 0 Å². The summed E-state index contributed by atoms with van der Waals surface area (Å²) in [5, 5.41) is 18.6. The topological polar surface area (TPSA) is 63.7 Å². The van der Waals surface area contributed by atoms with Crippen molar-refractivity contribution in [2.45, 2.75) is 17.5 Å². The van der Waals surface area contributed by atoms with E-state index in [2.05, 4.69) is 22.8 Å². The average molecular weight is 362 g/mol. The van der Waals surface area contributed by atoms with Gasteiger partial charge in [-0.1, -0.05) is 42.1 Å². The molecule has 3 rings (SSSR count).